The van der Waals surface area contributed by atoms with Crippen LogP contribution in [-0.4, -0.2) is 61.8 Å². The van der Waals surface area contributed by atoms with Gasteiger partial charge in [-0.15, -0.1) is 0 Å². The second kappa shape index (κ2) is 6.97. The second-order valence-corrected chi connectivity index (χ2v) is 8.45. The number of hydrogen-bond acceptors (Lipinski definition) is 4. The van der Waals surface area contributed by atoms with Gasteiger partial charge in [0.05, 0.1) is 17.5 Å². The number of sulfone groups is 1. The van der Waals surface area contributed by atoms with E-state index in [9.17, 15) is 17.6 Å². The van der Waals surface area contributed by atoms with Gasteiger partial charge in [-0.1, -0.05) is 12.1 Å². The highest BCUT2D eigenvalue weighted by Crippen LogP contribution is 2.18. The molecular weight excluding hydrogens is 319 g/mol. The third-order valence-electron chi connectivity index (χ3n) is 4.47. The van der Waals surface area contributed by atoms with E-state index in [0.717, 1.165) is 5.56 Å². The number of benzene rings is 1. The van der Waals surface area contributed by atoms with Gasteiger partial charge in [0, 0.05) is 19.6 Å². The Morgan fingerprint density at radius 1 is 1.30 bits per heavy atom. The molecule has 1 aromatic carbocycles. The van der Waals surface area contributed by atoms with Crippen LogP contribution in [0.3, 0.4) is 0 Å². The predicted octanol–water partition coefficient (Wildman–Crippen LogP) is 1.29. The summed E-state index contributed by atoms with van der Waals surface area (Å²) in [6.45, 7) is 2.32. The van der Waals surface area contributed by atoms with Crippen molar-refractivity contribution in [1.82, 2.24) is 9.80 Å². The minimum Gasteiger partial charge on any atom is -0.340 e. The first-order valence-electron chi connectivity index (χ1n) is 7.61. The smallest absolute Gasteiger partial charge is 0.239 e. The van der Waals surface area contributed by atoms with Crippen LogP contribution in [0.25, 0.3) is 0 Å². The van der Waals surface area contributed by atoms with Crippen molar-refractivity contribution in [2.45, 2.75) is 32.0 Å². The number of rotatable bonds is 5. The van der Waals surface area contributed by atoms with Gasteiger partial charge >= 0.3 is 0 Å². The van der Waals surface area contributed by atoms with E-state index in [1.165, 1.54) is 12.1 Å². The number of nitrogens with zero attached hydrogens (tertiary/aromatic N) is 2. The number of carbonyl (C=O) groups is 1. The largest absolute Gasteiger partial charge is 0.340 e. The zero-order valence-corrected chi connectivity index (χ0v) is 14.5. The topological polar surface area (TPSA) is 57.7 Å². The van der Waals surface area contributed by atoms with Crippen molar-refractivity contribution >= 4 is 15.7 Å². The van der Waals surface area contributed by atoms with E-state index in [1.54, 1.807) is 31.0 Å². The lowest BCUT2D eigenvalue weighted by Gasteiger charge is -2.31. The zero-order valence-electron chi connectivity index (χ0n) is 13.7. The van der Waals surface area contributed by atoms with Gasteiger partial charge in [-0.25, -0.2) is 12.8 Å². The minimum absolute atomic E-state index is 0.0453. The maximum Gasteiger partial charge on any atom is 0.239 e. The molecule has 0 aromatic heterocycles. The van der Waals surface area contributed by atoms with Gasteiger partial charge in [-0.2, -0.15) is 0 Å². The zero-order chi connectivity index (χ0) is 17.2. The summed E-state index contributed by atoms with van der Waals surface area (Å²) in [5, 5.41) is 0. The van der Waals surface area contributed by atoms with Gasteiger partial charge in [0.1, 0.15) is 5.82 Å². The normalized spacial score (nSPS) is 21.3. The molecule has 7 heteroatoms. The van der Waals surface area contributed by atoms with Crippen LogP contribution in [0.2, 0.25) is 0 Å². The Kier molecular flexibility index (Phi) is 5.41. The molecule has 1 amide bonds. The monoisotopic (exact) mass is 342 g/mol. The van der Waals surface area contributed by atoms with Gasteiger partial charge in [0.25, 0.3) is 0 Å². The standard InChI is InChI=1S/C16H23FN2O3S/c1-12(18(2)10-13-4-6-14(17)7-5-13)16(20)19(3)15-8-9-23(21,22)11-15/h4-7,12,15H,8-11H2,1-3H3/t12-,15+/m1/s1. The second-order valence-electron chi connectivity index (χ2n) is 6.22. The number of likely N-dealkylation sites (N-methyl/N-ethyl adjacent to an activating group) is 2. The Morgan fingerprint density at radius 3 is 2.43 bits per heavy atom. The van der Waals surface area contributed by atoms with Gasteiger partial charge in [0.2, 0.25) is 5.91 Å². The minimum atomic E-state index is -3.02. The van der Waals surface area contributed by atoms with E-state index in [0.29, 0.717) is 13.0 Å². The van der Waals surface area contributed by atoms with E-state index < -0.39 is 9.84 Å². The molecule has 0 bridgehead atoms. The molecule has 0 N–H and O–H groups in total. The Morgan fingerprint density at radius 2 is 1.91 bits per heavy atom. The molecular formula is C16H23FN2O3S. The highest BCUT2D eigenvalue weighted by Gasteiger charge is 2.34. The van der Waals surface area contributed by atoms with Crippen LogP contribution in [0.5, 0.6) is 0 Å². The van der Waals surface area contributed by atoms with Crippen molar-refractivity contribution in [3.63, 3.8) is 0 Å². The van der Waals surface area contributed by atoms with Crippen LogP contribution in [0, 0.1) is 5.82 Å². The highest BCUT2D eigenvalue weighted by atomic mass is 32.2. The van der Waals surface area contributed by atoms with E-state index in [-0.39, 0.29) is 35.3 Å². The molecule has 1 saturated heterocycles. The highest BCUT2D eigenvalue weighted by molar-refractivity contribution is 7.91. The van der Waals surface area contributed by atoms with Crippen molar-refractivity contribution in [1.29, 1.82) is 0 Å². The summed E-state index contributed by atoms with van der Waals surface area (Å²) in [4.78, 5) is 16.0. The average Bonchev–Trinajstić information content (AvgIpc) is 2.87. The molecule has 0 spiro atoms. The van der Waals surface area contributed by atoms with Crippen LogP contribution in [0.15, 0.2) is 24.3 Å². The van der Waals surface area contributed by atoms with E-state index in [2.05, 4.69) is 0 Å². The molecule has 1 heterocycles. The van der Waals surface area contributed by atoms with Gasteiger partial charge in [0.15, 0.2) is 9.84 Å². The fourth-order valence-corrected chi connectivity index (χ4v) is 4.53. The fraction of sp³-hybridized carbons (Fsp3) is 0.562. The maximum absolute atomic E-state index is 12.9. The molecule has 1 aliphatic rings. The van der Waals surface area contributed by atoms with Crippen LogP contribution in [-0.2, 0) is 21.2 Å². The predicted molar refractivity (Wildman–Crippen MR) is 87.2 cm³/mol. The number of hydrogen-bond donors (Lipinski definition) is 0. The lowest BCUT2D eigenvalue weighted by atomic mass is 10.1. The van der Waals surface area contributed by atoms with Gasteiger partial charge in [-0.05, 0) is 38.1 Å². The maximum atomic E-state index is 12.9. The molecule has 0 radical (unpaired) electrons. The molecule has 23 heavy (non-hydrogen) atoms. The Bertz CT molecular complexity index is 660. The van der Waals surface area contributed by atoms with Gasteiger partial charge < -0.3 is 4.90 Å². The van der Waals surface area contributed by atoms with Gasteiger partial charge in [-0.3, -0.25) is 9.69 Å². The van der Waals surface area contributed by atoms with E-state index >= 15 is 0 Å². The molecule has 1 aromatic rings. The Labute approximate surface area is 137 Å². The van der Waals surface area contributed by atoms with Crippen LogP contribution in [0.4, 0.5) is 4.39 Å². The Balaban J connectivity index is 1.96. The summed E-state index contributed by atoms with van der Waals surface area (Å²) in [5.41, 5.74) is 0.916. The van der Waals surface area contributed by atoms with Crippen molar-refractivity contribution in [3.05, 3.63) is 35.6 Å². The van der Waals surface area contributed by atoms with Crippen LogP contribution < -0.4 is 0 Å². The summed E-state index contributed by atoms with van der Waals surface area (Å²) >= 11 is 0. The molecule has 2 rings (SSSR count). The average molecular weight is 342 g/mol. The van der Waals surface area contributed by atoms with E-state index in [1.807, 2.05) is 11.9 Å². The SMILES string of the molecule is C[C@H](C(=O)N(C)[C@H]1CCS(=O)(=O)C1)N(C)Cc1ccc(F)cc1. The van der Waals surface area contributed by atoms with E-state index in [4.69, 9.17) is 0 Å². The van der Waals surface area contributed by atoms with Crippen molar-refractivity contribution in [2.24, 2.45) is 0 Å². The van der Waals surface area contributed by atoms with Crippen molar-refractivity contribution in [3.8, 4) is 0 Å². The Hall–Kier alpha value is -1.47. The first-order valence-corrected chi connectivity index (χ1v) is 9.43. The van der Waals surface area contributed by atoms with Crippen molar-refractivity contribution in [2.75, 3.05) is 25.6 Å². The molecule has 1 fully saturated rings. The molecule has 0 unspecified atom stereocenters. The molecule has 0 saturated carbocycles. The lowest BCUT2D eigenvalue weighted by molar-refractivity contribution is -0.136. The summed E-state index contributed by atoms with van der Waals surface area (Å²) in [6.07, 6.45) is 0.499. The van der Waals surface area contributed by atoms with Crippen LogP contribution >= 0.6 is 0 Å². The molecule has 128 valence electrons. The number of amides is 1. The first-order chi connectivity index (χ1) is 10.7. The third-order valence-corrected chi connectivity index (χ3v) is 6.22. The molecule has 2 atom stereocenters. The number of carbonyl (C=O) groups excluding carboxylic acids is 1. The molecule has 1 aliphatic heterocycles. The van der Waals surface area contributed by atoms with Crippen molar-refractivity contribution < 1.29 is 17.6 Å². The summed E-state index contributed by atoms with van der Waals surface area (Å²) in [6, 6.07) is 5.55. The molecule has 0 aliphatic carbocycles. The third kappa shape index (κ3) is 4.51. The first kappa shape index (κ1) is 17.9. The quantitative estimate of drug-likeness (QED) is 0.809. The summed E-state index contributed by atoms with van der Waals surface area (Å²) < 4.78 is 36.1. The lowest BCUT2D eigenvalue weighted by Crippen LogP contribution is -2.48. The molecule has 5 nitrogen and oxygen atoms in total. The summed E-state index contributed by atoms with van der Waals surface area (Å²) in [7, 11) is 0.472. The van der Waals surface area contributed by atoms with Crippen LogP contribution in [0.1, 0.15) is 18.9 Å². The summed E-state index contributed by atoms with van der Waals surface area (Å²) in [5.74, 6) is -0.196. The number of halogens is 1. The fourth-order valence-electron chi connectivity index (χ4n) is 2.76.